The zero-order chi connectivity index (χ0) is 16.1. The van der Waals surface area contributed by atoms with Crippen LogP contribution < -0.4 is 0 Å². The summed E-state index contributed by atoms with van der Waals surface area (Å²) >= 11 is 0. The molecule has 4 fully saturated rings. The Labute approximate surface area is 128 Å². The zero-order valence-corrected chi connectivity index (χ0v) is 12.9. The molecule has 0 N–H and O–H groups in total. The van der Waals surface area contributed by atoms with Crippen LogP contribution in [0.3, 0.4) is 0 Å². The van der Waals surface area contributed by atoms with Crippen molar-refractivity contribution >= 4 is 11.9 Å². The summed E-state index contributed by atoms with van der Waals surface area (Å²) in [6.45, 7) is 1.65. The fourth-order valence-electron chi connectivity index (χ4n) is 4.81. The van der Waals surface area contributed by atoms with Crippen molar-refractivity contribution in [1.82, 2.24) is 0 Å². The number of hydrogen-bond acceptors (Lipinski definition) is 4. The average molecular weight is 316 g/mol. The average Bonchev–Trinajstić information content (AvgIpc) is 2.40. The Morgan fingerprint density at radius 2 is 1.59 bits per heavy atom. The topological polar surface area (TPSA) is 52.6 Å². The van der Waals surface area contributed by atoms with Crippen LogP contribution in [0.15, 0.2) is 0 Å². The first-order valence-corrected chi connectivity index (χ1v) is 7.95. The quantitative estimate of drug-likeness (QED) is 0.748. The first-order valence-electron chi connectivity index (χ1n) is 7.95. The van der Waals surface area contributed by atoms with Crippen LogP contribution in [0.2, 0.25) is 0 Å². The van der Waals surface area contributed by atoms with E-state index < -0.39 is 30.1 Å². The van der Waals surface area contributed by atoms with Gasteiger partial charge in [0.25, 0.3) is 0 Å². The lowest BCUT2D eigenvalue weighted by Crippen LogP contribution is -2.58. The fraction of sp³-hybridized carbons (Fsp3) is 0.875. The molecule has 4 bridgehead atoms. The van der Waals surface area contributed by atoms with Gasteiger partial charge in [-0.15, -0.1) is 0 Å². The van der Waals surface area contributed by atoms with E-state index in [0.717, 1.165) is 37.5 Å². The van der Waals surface area contributed by atoms with Gasteiger partial charge in [0, 0.05) is 6.92 Å². The van der Waals surface area contributed by atoms with Crippen LogP contribution in [0.1, 0.15) is 46.0 Å². The summed E-state index contributed by atoms with van der Waals surface area (Å²) in [5.74, 6) is -3.84. The molecule has 4 rings (SSSR count). The van der Waals surface area contributed by atoms with Crippen LogP contribution in [0.25, 0.3) is 0 Å². The Morgan fingerprint density at radius 3 is 2.05 bits per heavy atom. The molecule has 0 aromatic heterocycles. The Morgan fingerprint density at radius 1 is 1.09 bits per heavy atom. The number of carbonyl (C=O) groups excluding carboxylic acids is 2. The summed E-state index contributed by atoms with van der Waals surface area (Å²) in [5, 5.41) is 0. The molecular weight excluding hydrogens is 294 g/mol. The van der Waals surface area contributed by atoms with E-state index in [0.29, 0.717) is 18.8 Å². The summed E-state index contributed by atoms with van der Waals surface area (Å²) in [6.07, 6.45) is 5.58. The molecular formula is C16H22F2O4. The summed E-state index contributed by atoms with van der Waals surface area (Å²) in [7, 11) is 0. The van der Waals surface area contributed by atoms with Crippen LogP contribution >= 0.6 is 0 Å². The molecule has 22 heavy (non-hydrogen) atoms. The smallest absolute Gasteiger partial charge is 0.377 e. The lowest BCUT2D eigenvalue weighted by molar-refractivity contribution is -0.209. The Hall–Kier alpha value is -1.20. The van der Waals surface area contributed by atoms with Gasteiger partial charge in [-0.2, -0.15) is 8.78 Å². The van der Waals surface area contributed by atoms with Gasteiger partial charge >= 0.3 is 17.9 Å². The third kappa shape index (κ3) is 2.72. The minimum atomic E-state index is -3.59. The van der Waals surface area contributed by atoms with Crippen LogP contribution in [0, 0.1) is 23.7 Å². The Balaban J connectivity index is 1.58. The maximum Gasteiger partial charge on any atom is 0.377 e. The SMILES string of the molecule is CC(F)(F)C(=O)OCC(=O)OC1(C)C2CC3CC(C2)CC1C3. The second kappa shape index (κ2) is 5.17. The number of hydrogen-bond donors (Lipinski definition) is 0. The Bertz CT molecular complexity index is 455. The fourth-order valence-corrected chi connectivity index (χ4v) is 4.81. The summed E-state index contributed by atoms with van der Waals surface area (Å²) in [5.41, 5.74) is -0.536. The molecule has 4 aliphatic rings. The van der Waals surface area contributed by atoms with E-state index in [9.17, 15) is 18.4 Å². The zero-order valence-electron chi connectivity index (χ0n) is 12.9. The van der Waals surface area contributed by atoms with Crippen molar-refractivity contribution in [3.63, 3.8) is 0 Å². The molecule has 124 valence electrons. The molecule has 4 nitrogen and oxygen atoms in total. The second-order valence-corrected chi connectivity index (χ2v) is 7.43. The van der Waals surface area contributed by atoms with Crippen LogP contribution in [-0.4, -0.2) is 30.1 Å². The van der Waals surface area contributed by atoms with Crippen molar-refractivity contribution in [3.8, 4) is 0 Å². The minimum Gasteiger partial charge on any atom is -0.456 e. The number of rotatable bonds is 4. The van der Waals surface area contributed by atoms with Gasteiger partial charge in [-0.05, 0) is 62.7 Å². The molecule has 0 unspecified atom stereocenters. The van der Waals surface area contributed by atoms with E-state index in [1.807, 2.05) is 6.92 Å². The predicted octanol–water partition coefficient (Wildman–Crippen LogP) is 2.94. The lowest BCUT2D eigenvalue weighted by Gasteiger charge is -2.59. The van der Waals surface area contributed by atoms with E-state index in [4.69, 9.17) is 4.74 Å². The van der Waals surface area contributed by atoms with Crippen LogP contribution in [0.5, 0.6) is 0 Å². The number of ether oxygens (including phenoxy) is 2. The van der Waals surface area contributed by atoms with Gasteiger partial charge in [0.05, 0.1) is 0 Å². The molecule has 0 amide bonds. The van der Waals surface area contributed by atoms with Gasteiger partial charge in [0.2, 0.25) is 0 Å². The maximum atomic E-state index is 12.7. The highest BCUT2D eigenvalue weighted by Gasteiger charge is 2.57. The number of carbonyl (C=O) groups is 2. The normalized spacial score (nSPS) is 39.6. The van der Waals surface area contributed by atoms with E-state index in [-0.39, 0.29) is 0 Å². The molecule has 0 spiro atoms. The third-order valence-corrected chi connectivity index (χ3v) is 5.77. The van der Waals surface area contributed by atoms with E-state index in [1.54, 1.807) is 0 Å². The molecule has 0 aliphatic heterocycles. The van der Waals surface area contributed by atoms with Crippen LogP contribution in [-0.2, 0) is 19.1 Å². The van der Waals surface area contributed by atoms with Crippen molar-refractivity contribution in [2.75, 3.05) is 6.61 Å². The standard InChI is InChI=1S/C16H22F2O4/c1-15(22-13(19)8-21-14(20)16(2,17)18)11-4-9-3-10(6-11)7-12(15)5-9/h9-12H,3-8H2,1-2H3. The first kappa shape index (κ1) is 15.7. The molecule has 4 saturated carbocycles. The number of alkyl halides is 2. The number of esters is 2. The van der Waals surface area contributed by atoms with Gasteiger partial charge in [0.1, 0.15) is 5.60 Å². The van der Waals surface area contributed by atoms with Crippen molar-refractivity contribution in [1.29, 1.82) is 0 Å². The highest BCUT2D eigenvalue weighted by Crippen LogP contribution is 2.59. The predicted molar refractivity (Wildman–Crippen MR) is 73.1 cm³/mol. The van der Waals surface area contributed by atoms with Crippen molar-refractivity contribution in [2.45, 2.75) is 57.5 Å². The second-order valence-electron chi connectivity index (χ2n) is 7.43. The van der Waals surface area contributed by atoms with Crippen molar-refractivity contribution < 1.29 is 27.8 Å². The van der Waals surface area contributed by atoms with Gasteiger partial charge < -0.3 is 9.47 Å². The van der Waals surface area contributed by atoms with Gasteiger partial charge in [-0.1, -0.05) is 0 Å². The lowest BCUT2D eigenvalue weighted by atomic mass is 9.50. The summed E-state index contributed by atoms with van der Waals surface area (Å²) < 4.78 is 35.4. The molecule has 0 saturated heterocycles. The molecule has 0 aromatic carbocycles. The molecule has 4 aliphatic carbocycles. The van der Waals surface area contributed by atoms with E-state index >= 15 is 0 Å². The Kier molecular flexibility index (Phi) is 3.68. The first-order chi connectivity index (χ1) is 10.2. The monoisotopic (exact) mass is 316 g/mol. The highest BCUT2D eigenvalue weighted by molar-refractivity contribution is 5.80. The van der Waals surface area contributed by atoms with E-state index in [2.05, 4.69) is 4.74 Å². The third-order valence-electron chi connectivity index (χ3n) is 5.77. The van der Waals surface area contributed by atoms with Crippen LogP contribution in [0.4, 0.5) is 8.78 Å². The molecule has 0 atom stereocenters. The van der Waals surface area contributed by atoms with Crippen molar-refractivity contribution in [2.24, 2.45) is 23.7 Å². The molecule has 0 aromatic rings. The van der Waals surface area contributed by atoms with Gasteiger partial charge in [-0.25, -0.2) is 9.59 Å². The maximum absolute atomic E-state index is 12.7. The van der Waals surface area contributed by atoms with Gasteiger partial charge in [0.15, 0.2) is 6.61 Å². The number of halogens is 2. The summed E-state index contributed by atoms with van der Waals surface area (Å²) in [4.78, 5) is 22.9. The minimum absolute atomic E-state index is 0.344. The van der Waals surface area contributed by atoms with E-state index in [1.165, 1.54) is 6.42 Å². The van der Waals surface area contributed by atoms with Gasteiger partial charge in [-0.3, -0.25) is 0 Å². The summed E-state index contributed by atoms with van der Waals surface area (Å²) in [6, 6.07) is 0. The highest BCUT2D eigenvalue weighted by atomic mass is 19.3. The van der Waals surface area contributed by atoms with Crippen molar-refractivity contribution in [3.05, 3.63) is 0 Å². The molecule has 0 radical (unpaired) electrons. The largest absolute Gasteiger partial charge is 0.456 e. The molecule has 6 heteroatoms. The molecule has 0 heterocycles.